The van der Waals surface area contributed by atoms with E-state index in [-0.39, 0.29) is 18.9 Å². The van der Waals surface area contributed by atoms with Crippen LogP contribution in [0.2, 0.25) is 0 Å². The Morgan fingerprint density at radius 1 is 0.829 bits per heavy atom. The minimum absolute atomic E-state index is 0.180. The van der Waals surface area contributed by atoms with Gasteiger partial charge in [-0.3, -0.25) is 24.0 Å². The highest BCUT2D eigenvalue weighted by Gasteiger charge is 2.51. The van der Waals surface area contributed by atoms with Crippen molar-refractivity contribution in [2.75, 3.05) is 13.7 Å². The summed E-state index contributed by atoms with van der Waals surface area (Å²) in [4.78, 5) is 70.6. The van der Waals surface area contributed by atoms with Crippen molar-refractivity contribution < 1.29 is 57.2 Å². The van der Waals surface area contributed by atoms with Gasteiger partial charge in [-0.15, -0.1) is 0 Å². The van der Waals surface area contributed by atoms with Crippen LogP contribution in [0, 0.1) is 11.8 Å². The van der Waals surface area contributed by atoms with Gasteiger partial charge in [-0.1, -0.05) is 24.0 Å². The van der Waals surface area contributed by atoms with Crippen LogP contribution in [0.5, 0.6) is 0 Å². The number of methoxy groups -OCH3 is 1. The Balaban J connectivity index is 2.39. The molecule has 222 valence electrons. The summed E-state index contributed by atoms with van der Waals surface area (Å²) in [6.07, 6.45) is -5.99. The molecule has 1 aromatic rings. The summed E-state index contributed by atoms with van der Waals surface area (Å²) in [6, 6.07) is 5.86. The first-order valence-electron chi connectivity index (χ1n) is 12.6. The monoisotopic (exact) mass is 575 g/mol. The summed E-state index contributed by atoms with van der Waals surface area (Å²) in [5.41, 5.74) is 1.22. The number of hydrogen-bond acceptors (Lipinski definition) is 12. The Labute approximate surface area is 237 Å². The lowest BCUT2D eigenvalue weighted by molar-refractivity contribution is -0.242. The van der Waals surface area contributed by atoms with E-state index in [1.165, 1.54) is 21.0 Å². The standard InChI is InChI=1S/C28H33NO12/c1-15(30)29-22(28(35)36-6)13-21-9-7-20(8-10-21)11-12-23-25(38-17(3)32)27(40-19(5)34)26(39-18(4)33)24(41-23)14-37-16(2)31/h7-10,22-27H,13-14H2,1-6H3,(H,29,30)/t22-,23-,24+,25-,26+,27+/m0/s1. The van der Waals surface area contributed by atoms with Crippen LogP contribution in [0.15, 0.2) is 24.3 Å². The molecule has 1 amide bonds. The van der Waals surface area contributed by atoms with Crippen molar-refractivity contribution in [3.8, 4) is 11.8 Å². The second-order valence-corrected chi connectivity index (χ2v) is 9.07. The molecule has 1 aliphatic heterocycles. The van der Waals surface area contributed by atoms with Gasteiger partial charge in [0.15, 0.2) is 24.4 Å². The number of carbonyl (C=O) groups is 6. The largest absolute Gasteiger partial charge is 0.467 e. The molecular weight excluding hydrogens is 542 g/mol. The predicted molar refractivity (Wildman–Crippen MR) is 139 cm³/mol. The first kappa shape index (κ1) is 32.8. The van der Waals surface area contributed by atoms with Gasteiger partial charge in [0.2, 0.25) is 5.91 Å². The van der Waals surface area contributed by atoms with E-state index >= 15 is 0 Å². The summed E-state index contributed by atoms with van der Waals surface area (Å²) < 4.78 is 31.9. The van der Waals surface area contributed by atoms with E-state index in [1.54, 1.807) is 24.3 Å². The van der Waals surface area contributed by atoms with Gasteiger partial charge >= 0.3 is 29.8 Å². The zero-order chi connectivity index (χ0) is 30.7. The maximum atomic E-state index is 12.0. The molecule has 0 bridgehead atoms. The van der Waals surface area contributed by atoms with Crippen LogP contribution >= 0.6 is 0 Å². The number of rotatable bonds is 9. The lowest BCUT2D eigenvalue weighted by Gasteiger charge is -2.42. The van der Waals surface area contributed by atoms with Crippen LogP contribution in [0.4, 0.5) is 0 Å². The number of benzene rings is 1. The number of esters is 5. The van der Waals surface area contributed by atoms with Crippen LogP contribution in [-0.2, 0) is 63.6 Å². The van der Waals surface area contributed by atoms with Gasteiger partial charge in [0.25, 0.3) is 0 Å². The molecule has 0 aliphatic carbocycles. The second kappa shape index (κ2) is 15.4. The highest BCUT2D eigenvalue weighted by atomic mass is 16.7. The molecule has 2 rings (SSSR count). The first-order chi connectivity index (χ1) is 19.3. The molecule has 1 fully saturated rings. The Kier molecular flexibility index (Phi) is 12.3. The summed E-state index contributed by atoms with van der Waals surface area (Å²) in [7, 11) is 1.23. The van der Waals surface area contributed by atoms with Crippen molar-refractivity contribution in [2.45, 2.75) is 77.6 Å². The van der Waals surface area contributed by atoms with Gasteiger partial charge in [-0.05, 0) is 17.7 Å². The molecule has 1 aliphatic rings. The Hall–Kier alpha value is -4.44. The van der Waals surface area contributed by atoms with Gasteiger partial charge in [0.05, 0.1) is 7.11 Å². The number of nitrogens with one attached hydrogen (secondary N) is 1. The van der Waals surface area contributed by atoms with Crippen molar-refractivity contribution in [3.63, 3.8) is 0 Å². The maximum absolute atomic E-state index is 12.0. The Morgan fingerprint density at radius 2 is 1.39 bits per heavy atom. The zero-order valence-electron chi connectivity index (χ0n) is 23.6. The van der Waals surface area contributed by atoms with Crippen LogP contribution in [-0.4, -0.2) is 86.0 Å². The fraction of sp³-hybridized carbons (Fsp3) is 0.500. The molecule has 0 saturated carbocycles. The molecule has 0 spiro atoms. The molecular formula is C28H33NO12. The molecule has 0 radical (unpaired) electrons. The number of ether oxygens (including phenoxy) is 6. The summed E-state index contributed by atoms with van der Waals surface area (Å²) in [6.45, 7) is 5.52. The first-order valence-corrected chi connectivity index (χ1v) is 12.6. The van der Waals surface area contributed by atoms with E-state index < -0.39 is 66.4 Å². The van der Waals surface area contributed by atoms with Crippen molar-refractivity contribution in [1.29, 1.82) is 0 Å². The Morgan fingerprint density at radius 3 is 1.90 bits per heavy atom. The third-order valence-corrected chi connectivity index (χ3v) is 5.61. The molecule has 1 heterocycles. The third kappa shape index (κ3) is 10.6. The smallest absolute Gasteiger partial charge is 0.328 e. The van der Waals surface area contributed by atoms with E-state index in [1.807, 2.05) is 0 Å². The summed E-state index contributed by atoms with van der Waals surface area (Å²) >= 11 is 0. The quantitative estimate of drug-likeness (QED) is 0.244. The number of carbonyl (C=O) groups excluding carboxylic acids is 6. The minimum atomic E-state index is -1.32. The van der Waals surface area contributed by atoms with Crippen LogP contribution in [0.3, 0.4) is 0 Å². The fourth-order valence-corrected chi connectivity index (χ4v) is 4.04. The topological polar surface area (TPSA) is 170 Å². The van der Waals surface area contributed by atoms with Gasteiger partial charge < -0.3 is 33.7 Å². The van der Waals surface area contributed by atoms with E-state index in [0.717, 1.165) is 20.8 Å². The second-order valence-electron chi connectivity index (χ2n) is 9.07. The molecule has 1 aromatic carbocycles. The number of amides is 1. The van der Waals surface area contributed by atoms with E-state index in [4.69, 9.17) is 28.4 Å². The summed E-state index contributed by atoms with van der Waals surface area (Å²) in [5.74, 6) is 1.93. The van der Waals surface area contributed by atoms with Gasteiger partial charge in [-0.2, -0.15) is 0 Å². The number of hydrogen-bond donors (Lipinski definition) is 1. The minimum Gasteiger partial charge on any atom is -0.467 e. The molecule has 1 N–H and O–H groups in total. The van der Waals surface area contributed by atoms with E-state index in [9.17, 15) is 28.8 Å². The lowest BCUT2D eigenvalue weighted by atomic mass is 9.94. The van der Waals surface area contributed by atoms with E-state index in [2.05, 4.69) is 17.2 Å². The average molecular weight is 576 g/mol. The van der Waals surface area contributed by atoms with Crippen LogP contribution < -0.4 is 5.32 Å². The van der Waals surface area contributed by atoms with Crippen molar-refractivity contribution >= 4 is 35.8 Å². The lowest BCUT2D eigenvalue weighted by Crippen LogP contribution is -2.62. The Bertz CT molecular complexity index is 1200. The predicted octanol–water partition coefficient (Wildman–Crippen LogP) is 0.384. The van der Waals surface area contributed by atoms with Crippen molar-refractivity contribution in [1.82, 2.24) is 5.32 Å². The SMILES string of the molecule is COC(=O)[C@H](Cc1ccc(C#C[C@@H]2O[C@H](COC(C)=O)[C@@H](OC(C)=O)[C@H](OC(C)=O)[C@H]2OC(C)=O)cc1)NC(C)=O. The van der Waals surface area contributed by atoms with Crippen molar-refractivity contribution in [3.05, 3.63) is 35.4 Å². The van der Waals surface area contributed by atoms with Crippen LogP contribution in [0.25, 0.3) is 0 Å². The van der Waals surface area contributed by atoms with E-state index in [0.29, 0.717) is 11.1 Å². The molecule has 0 unspecified atom stereocenters. The maximum Gasteiger partial charge on any atom is 0.328 e. The molecule has 6 atom stereocenters. The van der Waals surface area contributed by atoms with Gasteiger partial charge in [0.1, 0.15) is 18.8 Å². The molecule has 1 saturated heterocycles. The summed E-state index contributed by atoms with van der Waals surface area (Å²) in [5, 5.41) is 2.54. The average Bonchev–Trinajstić information content (AvgIpc) is 2.88. The zero-order valence-corrected chi connectivity index (χ0v) is 23.6. The highest BCUT2D eigenvalue weighted by Crippen LogP contribution is 2.29. The fourth-order valence-electron chi connectivity index (χ4n) is 4.04. The van der Waals surface area contributed by atoms with Gasteiger partial charge in [0, 0.05) is 46.6 Å². The normalized spacial score (nSPS) is 22.0. The molecule has 41 heavy (non-hydrogen) atoms. The molecule has 0 aromatic heterocycles. The highest BCUT2D eigenvalue weighted by molar-refractivity contribution is 5.83. The van der Waals surface area contributed by atoms with Crippen molar-refractivity contribution in [2.24, 2.45) is 0 Å². The third-order valence-electron chi connectivity index (χ3n) is 5.61. The molecule has 13 nitrogen and oxygen atoms in total. The van der Waals surface area contributed by atoms with Crippen LogP contribution in [0.1, 0.15) is 45.7 Å². The van der Waals surface area contributed by atoms with Gasteiger partial charge in [-0.25, -0.2) is 4.79 Å². The molecule has 13 heteroatoms.